The minimum atomic E-state index is 0.947. The summed E-state index contributed by atoms with van der Waals surface area (Å²) in [5.74, 6) is 2.20. The Morgan fingerprint density at radius 1 is 0.536 bits per heavy atom. The van der Waals surface area contributed by atoms with E-state index in [-0.39, 0.29) is 0 Å². The number of pyridine rings is 2. The van der Waals surface area contributed by atoms with Crippen molar-refractivity contribution in [1.82, 2.24) is 9.13 Å². The van der Waals surface area contributed by atoms with E-state index in [0.717, 1.165) is 88.1 Å². The van der Waals surface area contributed by atoms with Crippen molar-refractivity contribution < 1.29 is 18.3 Å². The van der Waals surface area contributed by atoms with Crippen LogP contribution in [0.1, 0.15) is 49.2 Å². The van der Waals surface area contributed by atoms with Crippen LogP contribution in [0.5, 0.6) is 0 Å². The van der Waals surface area contributed by atoms with Gasteiger partial charge in [0.1, 0.15) is 37.9 Å². The lowest BCUT2D eigenvalue weighted by Gasteiger charge is -2.06. The fraction of sp³-hybridized carbons (Fsp3) is 0.304. The van der Waals surface area contributed by atoms with Crippen molar-refractivity contribution in [3.8, 4) is 0 Å². The Bertz CT molecular complexity index is 1950. The van der Waals surface area contributed by atoms with Gasteiger partial charge < -0.3 is 10.6 Å². The van der Waals surface area contributed by atoms with Crippen LogP contribution in [-0.2, 0) is 39.3 Å². The molecule has 0 saturated heterocycles. The molecule has 2 aromatic carbocycles. The molecule has 0 atom stereocenters. The van der Waals surface area contributed by atoms with Gasteiger partial charge in [-0.25, -0.2) is 18.3 Å². The summed E-state index contributed by atoms with van der Waals surface area (Å²) in [6, 6.07) is 30.0. The number of benzene rings is 2. The van der Waals surface area contributed by atoms with E-state index in [1.807, 2.05) is 21.6 Å². The van der Waals surface area contributed by atoms with E-state index in [2.05, 4.69) is 211 Å². The molecule has 10 heteroatoms. The Morgan fingerprint density at radius 3 is 1.41 bits per heavy atom. The molecular formula is C46H58N8S2+4. The summed E-state index contributed by atoms with van der Waals surface area (Å²) in [7, 11) is 3.93. The molecule has 0 aliphatic rings. The van der Waals surface area contributed by atoms with E-state index in [1.165, 1.54) is 22.5 Å². The van der Waals surface area contributed by atoms with Crippen LogP contribution >= 0.6 is 21.6 Å². The molecule has 0 unspecified atom stereocenters. The van der Waals surface area contributed by atoms with Crippen molar-refractivity contribution in [2.45, 2.75) is 66.0 Å². The van der Waals surface area contributed by atoms with Gasteiger partial charge in [0.2, 0.25) is 24.0 Å². The van der Waals surface area contributed by atoms with Crippen LogP contribution in [0.25, 0.3) is 24.3 Å². The fourth-order valence-corrected chi connectivity index (χ4v) is 8.40. The molecule has 0 saturated carbocycles. The maximum Gasteiger partial charge on any atom is 0.243 e. The lowest BCUT2D eigenvalue weighted by Crippen LogP contribution is -2.34. The van der Waals surface area contributed by atoms with Crippen molar-refractivity contribution in [2.24, 2.45) is 0 Å². The largest absolute Gasteiger partial charge is 0.385 e. The molecule has 4 aromatic heterocycles. The first-order valence-corrected chi connectivity index (χ1v) is 22.5. The van der Waals surface area contributed by atoms with Gasteiger partial charge in [-0.15, -0.1) is 0 Å². The predicted molar refractivity (Wildman–Crippen MR) is 236 cm³/mol. The quantitative estimate of drug-likeness (QED) is 0.0394. The molecule has 0 radical (unpaired) electrons. The first-order chi connectivity index (χ1) is 27.6. The molecule has 0 amide bonds. The van der Waals surface area contributed by atoms with Crippen molar-refractivity contribution in [1.29, 1.82) is 0 Å². The zero-order valence-electron chi connectivity index (χ0n) is 33.0. The Labute approximate surface area is 341 Å². The molecule has 56 heavy (non-hydrogen) atoms. The van der Waals surface area contributed by atoms with E-state index < -0.39 is 0 Å². The average molecular weight is 787 g/mol. The smallest absolute Gasteiger partial charge is 0.243 e. The summed E-state index contributed by atoms with van der Waals surface area (Å²) >= 11 is 0. The molecule has 0 aliphatic heterocycles. The van der Waals surface area contributed by atoms with Crippen molar-refractivity contribution in [3.05, 3.63) is 157 Å². The normalized spacial score (nSPS) is 11.5. The number of aryl methyl sites for hydroxylation is 6. The van der Waals surface area contributed by atoms with Gasteiger partial charge >= 0.3 is 0 Å². The molecule has 6 rings (SSSR count). The molecule has 8 nitrogen and oxygen atoms in total. The van der Waals surface area contributed by atoms with Gasteiger partial charge in [0.15, 0.2) is 12.4 Å². The number of anilines is 2. The molecule has 6 aromatic rings. The SMILES string of the molecule is CC[n+]1ccccc1/C=C/c1ccc(NCCC[n+]2ccn(CCSSCCn3cc[n+](CCCNc4ccc(/C=C/c5cccc[n+]5CC)cc4)c3)c2)cc1. The summed E-state index contributed by atoms with van der Waals surface area (Å²) in [6.07, 6.45) is 28.3. The van der Waals surface area contributed by atoms with Crippen LogP contribution in [0.2, 0.25) is 0 Å². The number of aromatic nitrogens is 6. The number of hydrogen-bond acceptors (Lipinski definition) is 4. The number of hydrogen-bond donors (Lipinski definition) is 2. The second-order valence-electron chi connectivity index (χ2n) is 13.7. The van der Waals surface area contributed by atoms with Crippen LogP contribution in [-0.4, -0.2) is 33.7 Å². The van der Waals surface area contributed by atoms with Crippen LogP contribution in [0.3, 0.4) is 0 Å². The van der Waals surface area contributed by atoms with E-state index >= 15 is 0 Å². The summed E-state index contributed by atoms with van der Waals surface area (Å²) in [5, 5.41) is 7.15. The third-order valence-corrected chi connectivity index (χ3v) is 12.0. The molecular weight excluding hydrogens is 729 g/mol. The van der Waals surface area contributed by atoms with Crippen LogP contribution < -0.4 is 28.9 Å². The Morgan fingerprint density at radius 2 is 0.982 bits per heavy atom. The highest BCUT2D eigenvalue weighted by atomic mass is 33.1. The lowest BCUT2D eigenvalue weighted by atomic mass is 10.1. The average Bonchev–Trinajstić information content (AvgIpc) is 3.91. The van der Waals surface area contributed by atoms with Crippen molar-refractivity contribution in [2.75, 3.05) is 35.2 Å². The van der Waals surface area contributed by atoms with Gasteiger partial charge in [0, 0.05) is 85.2 Å². The summed E-state index contributed by atoms with van der Waals surface area (Å²) in [4.78, 5) is 0. The van der Waals surface area contributed by atoms with Gasteiger partial charge in [0.05, 0.1) is 26.2 Å². The maximum atomic E-state index is 3.57. The van der Waals surface area contributed by atoms with Gasteiger partial charge in [-0.1, -0.05) is 45.9 Å². The summed E-state index contributed by atoms with van der Waals surface area (Å²) in [6.45, 7) is 12.2. The lowest BCUT2D eigenvalue weighted by molar-refractivity contribution is -0.696. The molecule has 4 heterocycles. The summed E-state index contributed by atoms with van der Waals surface area (Å²) < 4.78 is 13.7. The number of imidazole rings is 2. The number of rotatable bonds is 23. The van der Waals surface area contributed by atoms with Crippen LogP contribution in [0.15, 0.2) is 135 Å². The van der Waals surface area contributed by atoms with Gasteiger partial charge in [-0.3, -0.25) is 0 Å². The topological polar surface area (TPSA) is 49.4 Å². The van der Waals surface area contributed by atoms with Crippen molar-refractivity contribution >= 4 is 57.3 Å². The maximum absolute atomic E-state index is 3.57. The molecule has 0 aliphatic carbocycles. The monoisotopic (exact) mass is 786 g/mol. The number of nitrogens with zero attached hydrogens (tertiary/aromatic N) is 6. The van der Waals surface area contributed by atoms with E-state index in [9.17, 15) is 0 Å². The van der Waals surface area contributed by atoms with E-state index in [1.54, 1.807) is 0 Å². The second-order valence-corrected chi connectivity index (χ2v) is 16.4. The highest BCUT2D eigenvalue weighted by Crippen LogP contribution is 2.21. The Kier molecular flexibility index (Phi) is 16.3. The third kappa shape index (κ3) is 13.3. The first-order valence-electron chi connectivity index (χ1n) is 20.0. The predicted octanol–water partition coefficient (Wildman–Crippen LogP) is 7.91. The zero-order chi connectivity index (χ0) is 38.6. The second kappa shape index (κ2) is 22.5. The van der Waals surface area contributed by atoms with Crippen molar-refractivity contribution in [3.63, 3.8) is 0 Å². The molecule has 0 fully saturated rings. The third-order valence-electron chi connectivity index (χ3n) is 9.63. The molecule has 2 N–H and O–H groups in total. The highest BCUT2D eigenvalue weighted by molar-refractivity contribution is 8.76. The minimum Gasteiger partial charge on any atom is -0.385 e. The molecule has 0 bridgehead atoms. The molecule has 0 spiro atoms. The molecule has 290 valence electrons. The standard InChI is InChI=1S/C46H56N8S2/c1-3-53-29-7-5-11-45(53)23-17-41-13-19-43(20-14-41)47-25-9-27-49-31-33-51(39-49)35-37-55-56-38-36-52-34-32-50(40-52)28-10-26-48-44-21-15-42(16-22-44)18-24-46-12-6-8-30-54(46)4-2/h5-8,11-24,29-34,39-40H,3-4,9-10,25-28,35-38H2,1-2H3/q+2/p+2. The van der Waals surface area contributed by atoms with Gasteiger partial charge in [-0.05, 0) is 73.5 Å². The Balaban J connectivity index is 0.782. The van der Waals surface area contributed by atoms with E-state index in [0.29, 0.717) is 0 Å². The first kappa shape index (κ1) is 40.6. The number of nitrogens with one attached hydrogen (secondary N) is 2. The summed E-state index contributed by atoms with van der Waals surface area (Å²) in [5.41, 5.74) is 7.17. The highest BCUT2D eigenvalue weighted by Gasteiger charge is 2.08. The van der Waals surface area contributed by atoms with E-state index in [4.69, 9.17) is 0 Å². The zero-order valence-corrected chi connectivity index (χ0v) is 34.6. The van der Waals surface area contributed by atoms with Gasteiger partial charge in [-0.2, -0.15) is 9.13 Å². The van der Waals surface area contributed by atoms with Crippen LogP contribution in [0.4, 0.5) is 11.4 Å². The van der Waals surface area contributed by atoms with Crippen LogP contribution in [0, 0.1) is 0 Å². The fourth-order valence-electron chi connectivity index (χ4n) is 6.44. The Hall–Kier alpha value is -5.06. The minimum absolute atomic E-state index is 0.947. The van der Waals surface area contributed by atoms with Gasteiger partial charge in [0.25, 0.3) is 0 Å².